The molecule has 3 rings (SSSR count). The summed E-state index contributed by atoms with van der Waals surface area (Å²) in [6.45, 7) is 10.2. The van der Waals surface area contributed by atoms with Crippen LogP contribution in [0.4, 0.5) is 0 Å². The number of carbonyl (C=O) groups is 1. The van der Waals surface area contributed by atoms with Gasteiger partial charge in [-0.05, 0) is 26.0 Å². The molecule has 26 heavy (non-hydrogen) atoms. The Balaban J connectivity index is 1.54. The van der Waals surface area contributed by atoms with Gasteiger partial charge in [-0.3, -0.25) is 4.79 Å². The summed E-state index contributed by atoms with van der Waals surface area (Å²) in [4.78, 5) is 15.0. The number of ether oxygens (including phenoxy) is 2. The molecule has 144 valence electrons. The predicted octanol–water partition coefficient (Wildman–Crippen LogP) is 2.90. The van der Waals surface area contributed by atoms with Crippen molar-refractivity contribution in [2.75, 3.05) is 19.7 Å². The molecule has 2 atom stereocenters. The summed E-state index contributed by atoms with van der Waals surface area (Å²) in [5, 5.41) is 0. The molecule has 1 saturated heterocycles. The Kier molecular flexibility index (Phi) is 5.31. The predicted molar refractivity (Wildman–Crippen MR) is 102 cm³/mol. The monoisotopic (exact) mass is 360 g/mol. The van der Waals surface area contributed by atoms with E-state index in [-0.39, 0.29) is 23.5 Å². The Morgan fingerprint density at radius 2 is 1.85 bits per heavy atom. The van der Waals surface area contributed by atoms with Crippen LogP contribution in [0.15, 0.2) is 24.3 Å². The van der Waals surface area contributed by atoms with Crippen molar-refractivity contribution in [1.29, 1.82) is 0 Å². The number of hydrogen-bond donors (Lipinski definition) is 1. The molecule has 0 spiro atoms. The lowest BCUT2D eigenvalue weighted by Gasteiger charge is -2.59. The van der Waals surface area contributed by atoms with Crippen molar-refractivity contribution in [2.45, 2.75) is 64.7 Å². The Morgan fingerprint density at radius 3 is 2.38 bits per heavy atom. The molecule has 0 aromatic heterocycles. The van der Waals surface area contributed by atoms with E-state index in [4.69, 9.17) is 15.2 Å². The molecular formula is C21H32N2O3. The molecule has 1 aliphatic carbocycles. The van der Waals surface area contributed by atoms with E-state index in [1.165, 1.54) is 5.56 Å². The number of hydrogen-bond acceptors (Lipinski definition) is 4. The third-order valence-corrected chi connectivity index (χ3v) is 6.26. The molecule has 1 aromatic rings. The van der Waals surface area contributed by atoms with Crippen LogP contribution in [0.3, 0.4) is 0 Å². The molecule has 1 saturated carbocycles. The number of piperidine rings is 1. The zero-order chi connectivity index (χ0) is 18.9. The molecule has 1 aromatic carbocycles. The molecule has 1 aliphatic heterocycles. The summed E-state index contributed by atoms with van der Waals surface area (Å²) in [5.74, 6) is 0.961. The van der Waals surface area contributed by atoms with Crippen LogP contribution in [0.5, 0.6) is 5.75 Å². The zero-order valence-corrected chi connectivity index (χ0v) is 16.5. The highest BCUT2D eigenvalue weighted by Gasteiger charge is 2.63. The zero-order valence-electron chi connectivity index (χ0n) is 16.5. The lowest BCUT2D eigenvalue weighted by Crippen LogP contribution is -2.76. The van der Waals surface area contributed by atoms with Crippen LogP contribution in [0.25, 0.3) is 0 Å². The summed E-state index contributed by atoms with van der Waals surface area (Å²) in [7, 11) is 0. The maximum Gasteiger partial charge on any atom is 0.243 e. The van der Waals surface area contributed by atoms with Gasteiger partial charge < -0.3 is 20.1 Å². The van der Waals surface area contributed by atoms with E-state index in [9.17, 15) is 4.79 Å². The van der Waals surface area contributed by atoms with Gasteiger partial charge in [-0.2, -0.15) is 0 Å². The van der Waals surface area contributed by atoms with Crippen LogP contribution < -0.4 is 10.5 Å². The van der Waals surface area contributed by atoms with Gasteiger partial charge in [0.15, 0.2) is 0 Å². The van der Waals surface area contributed by atoms with Crippen molar-refractivity contribution >= 4 is 5.91 Å². The normalized spacial score (nSPS) is 28.5. The minimum atomic E-state index is -0.822. The van der Waals surface area contributed by atoms with Crippen molar-refractivity contribution in [3.05, 3.63) is 29.8 Å². The van der Waals surface area contributed by atoms with Crippen molar-refractivity contribution in [1.82, 2.24) is 4.90 Å². The Morgan fingerprint density at radius 1 is 1.23 bits per heavy atom. The molecule has 2 unspecified atom stereocenters. The minimum absolute atomic E-state index is 0.0591. The Labute approximate surface area is 156 Å². The van der Waals surface area contributed by atoms with E-state index < -0.39 is 5.54 Å². The van der Waals surface area contributed by atoms with E-state index in [1.807, 2.05) is 37.8 Å². The SMILES string of the molecule is CCOC1CC(N)(C(=O)N2CCC(Oc3ccc(C)cc3)CC2)C1(C)C. The quantitative estimate of drug-likeness (QED) is 0.877. The summed E-state index contributed by atoms with van der Waals surface area (Å²) in [6.07, 6.45) is 2.49. The topological polar surface area (TPSA) is 64.8 Å². The van der Waals surface area contributed by atoms with E-state index in [2.05, 4.69) is 19.1 Å². The summed E-state index contributed by atoms with van der Waals surface area (Å²) in [6, 6.07) is 8.12. The van der Waals surface area contributed by atoms with Crippen LogP contribution in [0.2, 0.25) is 0 Å². The van der Waals surface area contributed by atoms with Crippen molar-refractivity contribution in [2.24, 2.45) is 11.1 Å². The lowest BCUT2D eigenvalue weighted by atomic mass is 9.54. The van der Waals surface area contributed by atoms with Gasteiger partial charge in [-0.15, -0.1) is 0 Å². The average molecular weight is 360 g/mol. The van der Waals surface area contributed by atoms with Gasteiger partial charge in [0.05, 0.1) is 6.10 Å². The second-order valence-corrected chi connectivity index (χ2v) is 8.26. The smallest absolute Gasteiger partial charge is 0.243 e. The van der Waals surface area contributed by atoms with Gasteiger partial charge in [-0.25, -0.2) is 0 Å². The first-order valence-electron chi connectivity index (χ1n) is 9.71. The second kappa shape index (κ2) is 7.20. The highest BCUT2D eigenvalue weighted by atomic mass is 16.5. The standard InChI is InChI=1S/C21H32N2O3/c1-5-25-18-14-21(22,20(18,3)4)19(24)23-12-10-17(11-13-23)26-16-8-6-15(2)7-9-16/h6-9,17-18H,5,10-14,22H2,1-4H3. The first kappa shape index (κ1) is 19.2. The highest BCUT2D eigenvalue weighted by Crippen LogP contribution is 2.50. The number of nitrogens with two attached hydrogens (primary N) is 1. The van der Waals surface area contributed by atoms with Crippen molar-refractivity contribution in [3.63, 3.8) is 0 Å². The van der Waals surface area contributed by atoms with Crippen molar-refractivity contribution < 1.29 is 14.3 Å². The number of carbonyl (C=O) groups excluding carboxylic acids is 1. The molecule has 2 N–H and O–H groups in total. The third-order valence-electron chi connectivity index (χ3n) is 6.26. The molecule has 5 nitrogen and oxygen atoms in total. The third kappa shape index (κ3) is 3.35. The highest BCUT2D eigenvalue weighted by molar-refractivity contribution is 5.89. The number of benzene rings is 1. The molecule has 1 amide bonds. The summed E-state index contributed by atoms with van der Waals surface area (Å²) in [5.41, 5.74) is 6.61. The van der Waals surface area contributed by atoms with E-state index >= 15 is 0 Å². The van der Waals surface area contributed by atoms with Crippen LogP contribution in [0.1, 0.15) is 45.6 Å². The number of amides is 1. The Hall–Kier alpha value is -1.59. The number of rotatable bonds is 5. The first-order valence-corrected chi connectivity index (χ1v) is 9.71. The fourth-order valence-electron chi connectivity index (χ4n) is 4.07. The fraction of sp³-hybridized carbons (Fsp3) is 0.667. The lowest BCUT2D eigenvalue weighted by molar-refractivity contribution is -0.180. The van der Waals surface area contributed by atoms with Crippen LogP contribution >= 0.6 is 0 Å². The minimum Gasteiger partial charge on any atom is -0.490 e. The molecule has 0 bridgehead atoms. The molecular weight excluding hydrogens is 328 g/mol. The number of likely N-dealkylation sites (tertiary alicyclic amines) is 1. The van der Waals surface area contributed by atoms with E-state index in [0.717, 1.165) is 18.6 Å². The summed E-state index contributed by atoms with van der Waals surface area (Å²) >= 11 is 0. The largest absolute Gasteiger partial charge is 0.490 e. The molecule has 0 radical (unpaired) electrons. The van der Waals surface area contributed by atoms with Crippen LogP contribution in [-0.4, -0.2) is 48.3 Å². The molecule has 5 heteroatoms. The van der Waals surface area contributed by atoms with E-state index in [1.54, 1.807) is 0 Å². The van der Waals surface area contributed by atoms with Gasteiger partial charge in [0.25, 0.3) is 0 Å². The second-order valence-electron chi connectivity index (χ2n) is 8.26. The maximum absolute atomic E-state index is 13.1. The Bertz CT molecular complexity index is 635. The van der Waals surface area contributed by atoms with Gasteiger partial charge in [0, 0.05) is 44.4 Å². The van der Waals surface area contributed by atoms with Crippen LogP contribution in [0, 0.1) is 12.3 Å². The number of aryl methyl sites for hydroxylation is 1. The average Bonchev–Trinajstić information content (AvgIpc) is 2.63. The van der Waals surface area contributed by atoms with Crippen molar-refractivity contribution in [3.8, 4) is 5.75 Å². The summed E-state index contributed by atoms with van der Waals surface area (Å²) < 4.78 is 11.8. The molecule has 2 fully saturated rings. The van der Waals surface area contributed by atoms with E-state index in [0.29, 0.717) is 26.1 Å². The van der Waals surface area contributed by atoms with Gasteiger partial charge in [0.2, 0.25) is 5.91 Å². The molecule has 1 heterocycles. The van der Waals surface area contributed by atoms with Crippen LogP contribution in [-0.2, 0) is 9.53 Å². The number of nitrogens with zero attached hydrogens (tertiary/aromatic N) is 1. The van der Waals surface area contributed by atoms with Gasteiger partial charge in [0.1, 0.15) is 17.4 Å². The molecule has 2 aliphatic rings. The van der Waals surface area contributed by atoms with Gasteiger partial charge in [-0.1, -0.05) is 31.5 Å². The fourth-order valence-corrected chi connectivity index (χ4v) is 4.07. The van der Waals surface area contributed by atoms with Gasteiger partial charge >= 0.3 is 0 Å². The first-order chi connectivity index (χ1) is 12.3. The maximum atomic E-state index is 13.1.